The van der Waals surface area contributed by atoms with Crippen molar-refractivity contribution in [2.75, 3.05) is 20.3 Å². The Balaban J connectivity index is 1.81. The highest BCUT2D eigenvalue weighted by Gasteiger charge is 2.10. The summed E-state index contributed by atoms with van der Waals surface area (Å²) in [6.45, 7) is 3.09. The Labute approximate surface area is 152 Å². The lowest BCUT2D eigenvalue weighted by Crippen LogP contribution is -2.15. The van der Waals surface area contributed by atoms with Crippen LogP contribution in [-0.2, 0) is 17.8 Å². The summed E-state index contributed by atoms with van der Waals surface area (Å²) in [5.41, 5.74) is 3.30. The molecule has 0 aliphatic carbocycles. The smallest absolute Gasteiger partial charge is 0.124 e. The van der Waals surface area contributed by atoms with E-state index in [4.69, 9.17) is 16.3 Å². The summed E-state index contributed by atoms with van der Waals surface area (Å²) in [6, 6.07) is 12.9. The fourth-order valence-corrected chi connectivity index (χ4v) is 3.22. The molecule has 3 nitrogen and oxygen atoms in total. The van der Waals surface area contributed by atoms with Crippen molar-refractivity contribution in [1.29, 1.82) is 0 Å². The topological polar surface area (TPSA) is 26.2 Å². The molecule has 0 aliphatic rings. The molecular formula is C20H22ClFN2O. The molecule has 0 fully saturated rings. The number of halogens is 2. The van der Waals surface area contributed by atoms with Crippen molar-refractivity contribution in [3.63, 3.8) is 0 Å². The third-order valence-corrected chi connectivity index (χ3v) is 4.60. The summed E-state index contributed by atoms with van der Waals surface area (Å²) in [4.78, 5) is 0. The molecule has 132 valence electrons. The molecule has 1 heterocycles. The van der Waals surface area contributed by atoms with E-state index in [1.807, 2.05) is 12.1 Å². The quantitative estimate of drug-likeness (QED) is 0.594. The molecule has 0 bridgehead atoms. The largest absolute Gasteiger partial charge is 0.385 e. The molecule has 0 saturated carbocycles. The van der Waals surface area contributed by atoms with Gasteiger partial charge in [-0.2, -0.15) is 0 Å². The fourth-order valence-electron chi connectivity index (χ4n) is 2.99. The highest BCUT2D eigenvalue weighted by molar-refractivity contribution is 6.31. The summed E-state index contributed by atoms with van der Waals surface area (Å²) in [5.74, 6) is -0.313. The van der Waals surface area contributed by atoms with Gasteiger partial charge in [0.2, 0.25) is 0 Å². The predicted molar refractivity (Wildman–Crippen MR) is 101 cm³/mol. The third-order valence-electron chi connectivity index (χ3n) is 4.24. The summed E-state index contributed by atoms with van der Waals surface area (Å²) < 4.78 is 20.5. The predicted octanol–water partition coefficient (Wildman–Crippen LogP) is 4.61. The highest BCUT2D eigenvalue weighted by atomic mass is 35.5. The molecule has 2 aromatic carbocycles. The number of nitrogens with zero attached hydrogens (tertiary/aromatic N) is 1. The molecule has 0 radical (unpaired) electrons. The standard InChI is InChI=1S/C20H22ClFN2O/c1-25-10-4-9-23-12-16-14-24(20-6-3-2-5-18(16)20)13-15-7-8-17(22)11-19(15)21/h2-3,5-8,11,14,23H,4,9-10,12-13H2,1H3. The van der Waals surface area contributed by atoms with Crippen LogP contribution in [0.25, 0.3) is 10.9 Å². The Kier molecular flexibility index (Phi) is 6.08. The van der Waals surface area contributed by atoms with Gasteiger partial charge in [-0.1, -0.05) is 35.9 Å². The second kappa shape index (κ2) is 8.48. The second-order valence-electron chi connectivity index (χ2n) is 6.06. The van der Waals surface area contributed by atoms with Crippen LogP contribution in [0.4, 0.5) is 4.39 Å². The van der Waals surface area contributed by atoms with Gasteiger partial charge < -0.3 is 14.6 Å². The fraction of sp³-hybridized carbons (Fsp3) is 0.300. The highest BCUT2D eigenvalue weighted by Crippen LogP contribution is 2.25. The Bertz CT molecular complexity index is 847. The Morgan fingerprint density at radius 1 is 1.16 bits per heavy atom. The lowest BCUT2D eigenvalue weighted by Gasteiger charge is -2.07. The van der Waals surface area contributed by atoms with Crippen LogP contribution in [0, 0.1) is 5.82 Å². The third kappa shape index (κ3) is 4.40. The zero-order valence-corrected chi connectivity index (χ0v) is 15.0. The first-order valence-corrected chi connectivity index (χ1v) is 8.77. The number of nitrogens with one attached hydrogen (secondary N) is 1. The van der Waals surface area contributed by atoms with E-state index in [9.17, 15) is 4.39 Å². The normalized spacial score (nSPS) is 11.3. The number of hydrogen-bond donors (Lipinski definition) is 1. The van der Waals surface area contributed by atoms with Gasteiger partial charge in [-0.05, 0) is 42.3 Å². The lowest BCUT2D eigenvalue weighted by molar-refractivity contribution is 0.194. The molecule has 0 amide bonds. The molecule has 1 aromatic heterocycles. The molecule has 5 heteroatoms. The molecule has 0 atom stereocenters. The van der Waals surface area contributed by atoms with Crippen molar-refractivity contribution in [2.24, 2.45) is 0 Å². The van der Waals surface area contributed by atoms with E-state index in [0.717, 1.165) is 37.2 Å². The lowest BCUT2D eigenvalue weighted by atomic mass is 10.2. The number of hydrogen-bond acceptors (Lipinski definition) is 2. The van der Waals surface area contributed by atoms with Crippen LogP contribution in [0.2, 0.25) is 5.02 Å². The number of benzene rings is 2. The number of fused-ring (bicyclic) bond motifs is 1. The summed E-state index contributed by atoms with van der Waals surface area (Å²) in [6.07, 6.45) is 3.13. The number of para-hydroxylation sites is 1. The summed E-state index contributed by atoms with van der Waals surface area (Å²) >= 11 is 6.19. The molecular weight excluding hydrogens is 339 g/mol. The van der Waals surface area contributed by atoms with Gasteiger partial charge in [0.05, 0.1) is 0 Å². The van der Waals surface area contributed by atoms with E-state index in [-0.39, 0.29) is 5.82 Å². The minimum atomic E-state index is -0.313. The molecule has 1 N–H and O–H groups in total. The molecule has 25 heavy (non-hydrogen) atoms. The zero-order valence-electron chi connectivity index (χ0n) is 14.3. The average molecular weight is 361 g/mol. The Morgan fingerprint density at radius 3 is 2.80 bits per heavy atom. The zero-order chi connectivity index (χ0) is 17.6. The van der Waals surface area contributed by atoms with Crippen LogP contribution in [-0.4, -0.2) is 24.8 Å². The first-order chi connectivity index (χ1) is 12.2. The summed E-state index contributed by atoms with van der Waals surface area (Å²) in [5, 5.41) is 5.13. The summed E-state index contributed by atoms with van der Waals surface area (Å²) in [7, 11) is 1.72. The van der Waals surface area contributed by atoms with Crippen LogP contribution in [0.5, 0.6) is 0 Å². The van der Waals surface area contributed by atoms with Gasteiger partial charge in [0.25, 0.3) is 0 Å². The van der Waals surface area contributed by atoms with Gasteiger partial charge >= 0.3 is 0 Å². The average Bonchev–Trinajstić information content (AvgIpc) is 2.95. The first-order valence-electron chi connectivity index (χ1n) is 8.39. The molecule has 3 rings (SSSR count). The van der Waals surface area contributed by atoms with Crippen molar-refractivity contribution in [3.8, 4) is 0 Å². The number of methoxy groups -OCH3 is 1. The molecule has 3 aromatic rings. The molecule has 0 saturated heterocycles. The van der Waals surface area contributed by atoms with Gasteiger partial charge in [-0.3, -0.25) is 0 Å². The number of aromatic nitrogens is 1. The monoisotopic (exact) mass is 360 g/mol. The maximum Gasteiger partial charge on any atom is 0.124 e. The van der Waals surface area contributed by atoms with Gasteiger partial charge in [-0.25, -0.2) is 4.39 Å². The number of ether oxygens (including phenoxy) is 1. The van der Waals surface area contributed by atoms with Crippen LogP contribution in [0.3, 0.4) is 0 Å². The van der Waals surface area contributed by atoms with E-state index in [1.165, 1.54) is 23.1 Å². The van der Waals surface area contributed by atoms with E-state index in [0.29, 0.717) is 11.6 Å². The second-order valence-corrected chi connectivity index (χ2v) is 6.47. The van der Waals surface area contributed by atoms with Crippen molar-refractivity contribution in [3.05, 3.63) is 70.6 Å². The molecule has 0 unspecified atom stereocenters. The van der Waals surface area contributed by atoms with Crippen LogP contribution < -0.4 is 5.32 Å². The van der Waals surface area contributed by atoms with E-state index in [1.54, 1.807) is 13.2 Å². The minimum Gasteiger partial charge on any atom is -0.385 e. The Hall–Kier alpha value is -1.88. The van der Waals surface area contributed by atoms with E-state index in [2.05, 4.69) is 28.2 Å². The first kappa shape index (κ1) is 17.9. The van der Waals surface area contributed by atoms with Crippen molar-refractivity contribution < 1.29 is 9.13 Å². The SMILES string of the molecule is COCCCNCc1cn(Cc2ccc(F)cc2Cl)c2ccccc12. The van der Waals surface area contributed by atoms with Crippen molar-refractivity contribution in [2.45, 2.75) is 19.5 Å². The number of rotatable bonds is 8. The van der Waals surface area contributed by atoms with Gasteiger partial charge in [0.15, 0.2) is 0 Å². The van der Waals surface area contributed by atoms with Crippen molar-refractivity contribution >= 4 is 22.5 Å². The van der Waals surface area contributed by atoms with Crippen LogP contribution in [0.15, 0.2) is 48.7 Å². The van der Waals surface area contributed by atoms with Crippen LogP contribution >= 0.6 is 11.6 Å². The maximum atomic E-state index is 13.3. The Morgan fingerprint density at radius 2 is 2.00 bits per heavy atom. The molecule has 0 spiro atoms. The van der Waals surface area contributed by atoms with Gasteiger partial charge in [0, 0.05) is 48.9 Å². The van der Waals surface area contributed by atoms with Gasteiger partial charge in [-0.15, -0.1) is 0 Å². The van der Waals surface area contributed by atoms with Gasteiger partial charge in [0.1, 0.15) is 5.82 Å². The van der Waals surface area contributed by atoms with E-state index < -0.39 is 0 Å². The minimum absolute atomic E-state index is 0.313. The maximum absolute atomic E-state index is 13.3. The van der Waals surface area contributed by atoms with Crippen LogP contribution in [0.1, 0.15) is 17.5 Å². The molecule has 0 aliphatic heterocycles. The van der Waals surface area contributed by atoms with Crippen molar-refractivity contribution in [1.82, 2.24) is 9.88 Å². The van der Waals surface area contributed by atoms with E-state index >= 15 is 0 Å².